The number of amides is 1. The number of carbonyl (C=O) groups is 1. The lowest BCUT2D eigenvalue weighted by Crippen LogP contribution is -2.28. The third-order valence-corrected chi connectivity index (χ3v) is 4.32. The second-order valence-corrected chi connectivity index (χ2v) is 5.87. The predicted octanol–water partition coefficient (Wildman–Crippen LogP) is 2.10. The standard InChI is InChI=1S/C17H22N4O3/c1-11(21-8-4-5-16(21)22)17-18-15(19-20-17)10-12-6-7-13(23-2)14(9-12)24-3/h6-7,9,11H,4-5,8,10H2,1-3H3,(H,18,19,20). The zero-order valence-electron chi connectivity index (χ0n) is 14.2. The van der Waals surface area contributed by atoms with Crippen LogP contribution in [0, 0.1) is 0 Å². The Kier molecular flexibility index (Phi) is 4.69. The quantitative estimate of drug-likeness (QED) is 0.877. The molecule has 0 aliphatic carbocycles. The van der Waals surface area contributed by atoms with Gasteiger partial charge in [-0.15, -0.1) is 0 Å². The number of rotatable bonds is 6. The molecule has 1 N–H and O–H groups in total. The van der Waals surface area contributed by atoms with E-state index in [-0.39, 0.29) is 11.9 Å². The smallest absolute Gasteiger partial charge is 0.223 e. The zero-order valence-corrected chi connectivity index (χ0v) is 14.2. The molecule has 1 atom stereocenters. The van der Waals surface area contributed by atoms with Crippen molar-refractivity contribution in [1.29, 1.82) is 0 Å². The number of H-pyrrole nitrogens is 1. The Balaban J connectivity index is 1.73. The minimum atomic E-state index is -0.101. The van der Waals surface area contributed by atoms with Crippen molar-refractivity contribution in [2.45, 2.75) is 32.2 Å². The van der Waals surface area contributed by atoms with Crippen molar-refractivity contribution in [3.05, 3.63) is 35.4 Å². The molecule has 0 spiro atoms. The van der Waals surface area contributed by atoms with Crippen molar-refractivity contribution in [2.75, 3.05) is 20.8 Å². The number of methoxy groups -OCH3 is 2. The summed E-state index contributed by atoms with van der Waals surface area (Å²) in [5.74, 6) is 2.97. The number of likely N-dealkylation sites (tertiary alicyclic amines) is 1. The molecule has 1 fully saturated rings. The van der Waals surface area contributed by atoms with E-state index in [2.05, 4.69) is 15.2 Å². The Hall–Kier alpha value is -2.57. The van der Waals surface area contributed by atoms with Crippen LogP contribution in [-0.4, -0.2) is 46.8 Å². The van der Waals surface area contributed by atoms with E-state index >= 15 is 0 Å². The van der Waals surface area contributed by atoms with E-state index in [4.69, 9.17) is 9.47 Å². The molecule has 1 saturated heterocycles. The molecule has 0 bridgehead atoms. The van der Waals surface area contributed by atoms with Crippen LogP contribution in [-0.2, 0) is 11.2 Å². The van der Waals surface area contributed by atoms with Crippen molar-refractivity contribution in [3.8, 4) is 11.5 Å². The van der Waals surface area contributed by atoms with Gasteiger partial charge in [0.05, 0.1) is 20.3 Å². The van der Waals surface area contributed by atoms with Crippen LogP contribution in [0.15, 0.2) is 18.2 Å². The Bertz CT molecular complexity index is 728. The maximum Gasteiger partial charge on any atom is 0.223 e. The number of aromatic amines is 1. The molecule has 1 aliphatic rings. The summed E-state index contributed by atoms with van der Waals surface area (Å²) in [6.45, 7) is 2.74. The first-order valence-electron chi connectivity index (χ1n) is 8.04. The average Bonchev–Trinajstić information content (AvgIpc) is 3.23. The summed E-state index contributed by atoms with van der Waals surface area (Å²) in [7, 11) is 3.23. The van der Waals surface area contributed by atoms with Crippen LogP contribution in [0.4, 0.5) is 0 Å². The van der Waals surface area contributed by atoms with Gasteiger partial charge < -0.3 is 14.4 Å². The zero-order chi connectivity index (χ0) is 17.1. The van der Waals surface area contributed by atoms with Crippen molar-refractivity contribution in [1.82, 2.24) is 20.1 Å². The van der Waals surface area contributed by atoms with Gasteiger partial charge in [-0.3, -0.25) is 9.89 Å². The van der Waals surface area contributed by atoms with Crippen LogP contribution in [0.1, 0.15) is 43.0 Å². The second kappa shape index (κ2) is 6.90. The highest BCUT2D eigenvalue weighted by molar-refractivity contribution is 5.78. The predicted molar refractivity (Wildman–Crippen MR) is 88.1 cm³/mol. The second-order valence-electron chi connectivity index (χ2n) is 5.87. The Labute approximate surface area is 141 Å². The SMILES string of the molecule is COc1ccc(Cc2nc(C(C)N3CCCC3=O)n[nH]2)cc1OC. The number of nitrogens with one attached hydrogen (secondary N) is 1. The number of hydrogen-bond acceptors (Lipinski definition) is 5. The van der Waals surface area contributed by atoms with Crippen molar-refractivity contribution >= 4 is 5.91 Å². The maximum absolute atomic E-state index is 11.9. The van der Waals surface area contributed by atoms with Gasteiger partial charge >= 0.3 is 0 Å². The highest BCUT2D eigenvalue weighted by Gasteiger charge is 2.28. The van der Waals surface area contributed by atoms with E-state index < -0.39 is 0 Å². The van der Waals surface area contributed by atoms with Crippen LogP contribution in [0.5, 0.6) is 11.5 Å². The third kappa shape index (κ3) is 3.20. The first-order chi connectivity index (χ1) is 11.6. The number of ether oxygens (including phenoxy) is 2. The fraction of sp³-hybridized carbons (Fsp3) is 0.471. The molecular weight excluding hydrogens is 308 g/mol. The molecule has 1 aliphatic heterocycles. The average molecular weight is 330 g/mol. The number of hydrogen-bond donors (Lipinski definition) is 1. The van der Waals surface area contributed by atoms with Gasteiger partial charge in [0.2, 0.25) is 5.91 Å². The van der Waals surface area contributed by atoms with E-state index in [1.807, 2.05) is 30.0 Å². The van der Waals surface area contributed by atoms with Crippen LogP contribution in [0.2, 0.25) is 0 Å². The molecule has 0 radical (unpaired) electrons. The molecule has 1 aromatic heterocycles. The number of aromatic nitrogens is 3. The molecule has 7 heteroatoms. The molecule has 1 unspecified atom stereocenters. The van der Waals surface area contributed by atoms with Gasteiger partial charge in [0.25, 0.3) is 0 Å². The van der Waals surface area contributed by atoms with Crippen molar-refractivity contribution in [2.24, 2.45) is 0 Å². The number of carbonyl (C=O) groups excluding carboxylic acids is 1. The summed E-state index contributed by atoms with van der Waals surface area (Å²) >= 11 is 0. The molecule has 24 heavy (non-hydrogen) atoms. The minimum absolute atomic E-state index is 0.101. The fourth-order valence-electron chi connectivity index (χ4n) is 2.98. The normalized spacial score (nSPS) is 15.6. The monoisotopic (exact) mass is 330 g/mol. The molecule has 2 heterocycles. The topological polar surface area (TPSA) is 80.3 Å². The Morgan fingerprint density at radius 2 is 2.08 bits per heavy atom. The summed E-state index contributed by atoms with van der Waals surface area (Å²) in [6.07, 6.45) is 2.13. The van der Waals surface area contributed by atoms with Crippen LogP contribution in [0.3, 0.4) is 0 Å². The van der Waals surface area contributed by atoms with E-state index in [0.29, 0.717) is 30.2 Å². The largest absolute Gasteiger partial charge is 0.493 e. The summed E-state index contributed by atoms with van der Waals surface area (Å²) in [5.41, 5.74) is 1.04. The molecular formula is C17H22N4O3. The van der Waals surface area contributed by atoms with Crippen LogP contribution in [0.25, 0.3) is 0 Å². The lowest BCUT2D eigenvalue weighted by Gasteiger charge is -2.21. The van der Waals surface area contributed by atoms with Crippen LogP contribution < -0.4 is 9.47 Å². The molecule has 7 nitrogen and oxygen atoms in total. The lowest BCUT2D eigenvalue weighted by molar-refractivity contribution is -0.129. The summed E-state index contributed by atoms with van der Waals surface area (Å²) in [4.78, 5) is 18.2. The lowest BCUT2D eigenvalue weighted by atomic mass is 10.1. The van der Waals surface area contributed by atoms with Crippen molar-refractivity contribution in [3.63, 3.8) is 0 Å². The fourth-order valence-corrected chi connectivity index (χ4v) is 2.98. The Morgan fingerprint density at radius 1 is 1.29 bits per heavy atom. The van der Waals surface area contributed by atoms with E-state index in [1.54, 1.807) is 14.2 Å². The number of benzene rings is 1. The maximum atomic E-state index is 11.9. The van der Waals surface area contributed by atoms with Gasteiger partial charge in [0.15, 0.2) is 17.3 Å². The van der Waals surface area contributed by atoms with Crippen LogP contribution >= 0.6 is 0 Å². The summed E-state index contributed by atoms with van der Waals surface area (Å²) < 4.78 is 10.6. The van der Waals surface area contributed by atoms with Gasteiger partial charge in [-0.05, 0) is 31.0 Å². The highest BCUT2D eigenvalue weighted by Crippen LogP contribution is 2.28. The minimum Gasteiger partial charge on any atom is -0.493 e. The van der Waals surface area contributed by atoms with Gasteiger partial charge in [0.1, 0.15) is 5.82 Å². The molecule has 0 saturated carbocycles. The molecule has 1 amide bonds. The van der Waals surface area contributed by atoms with E-state index in [0.717, 1.165) is 24.4 Å². The first-order valence-corrected chi connectivity index (χ1v) is 8.04. The van der Waals surface area contributed by atoms with Gasteiger partial charge in [-0.25, -0.2) is 4.98 Å². The Morgan fingerprint density at radius 3 is 2.75 bits per heavy atom. The summed E-state index contributed by atoms with van der Waals surface area (Å²) in [5, 5.41) is 7.25. The van der Waals surface area contributed by atoms with Gasteiger partial charge in [0, 0.05) is 19.4 Å². The highest BCUT2D eigenvalue weighted by atomic mass is 16.5. The molecule has 128 valence electrons. The summed E-state index contributed by atoms with van der Waals surface area (Å²) in [6, 6.07) is 5.66. The van der Waals surface area contributed by atoms with E-state index in [1.165, 1.54) is 0 Å². The first kappa shape index (κ1) is 16.3. The van der Waals surface area contributed by atoms with Crippen molar-refractivity contribution < 1.29 is 14.3 Å². The number of nitrogens with zero attached hydrogens (tertiary/aromatic N) is 3. The van der Waals surface area contributed by atoms with Gasteiger partial charge in [-0.2, -0.15) is 5.10 Å². The third-order valence-electron chi connectivity index (χ3n) is 4.32. The van der Waals surface area contributed by atoms with Gasteiger partial charge in [-0.1, -0.05) is 6.07 Å². The molecule has 1 aromatic carbocycles. The molecule has 3 rings (SSSR count). The van der Waals surface area contributed by atoms with E-state index in [9.17, 15) is 4.79 Å². The molecule has 2 aromatic rings.